The molecule has 3 N–H and O–H groups in total. The van der Waals surface area contributed by atoms with Gasteiger partial charge in [0.2, 0.25) is 5.91 Å². The first-order chi connectivity index (χ1) is 39.0. The SMILES string of the molecule is CCCCC/C=C\CCCCCCCC(=O)OCCCCCCCCCCC/C=C\C/C=C\CCCCCCCCCCCCCCCCCC(=O)NC(CO)C(O)/C=C/CCCCCCCCCCCCCCCCCCC. The summed E-state index contributed by atoms with van der Waals surface area (Å²) >= 11 is 0. The van der Waals surface area contributed by atoms with Gasteiger partial charge in [0.1, 0.15) is 0 Å². The van der Waals surface area contributed by atoms with Crippen molar-refractivity contribution in [3.05, 3.63) is 48.6 Å². The van der Waals surface area contributed by atoms with E-state index in [4.69, 9.17) is 4.74 Å². The van der Waals surface area contributed by atoms with E-state index in [9.17, 15) is 19.8 Å². The van der Waals surface area contributed by atoms with Crippen LogP contribution in [0.5, 0.6) is 0 Å². The van der Waals surface area contributed by atoms with E-state index in [2.05, 4.69) is 55.6 Å². The van der Waals surface area contributed by atoms with E-state index < -0.39 is 12.1 Å². The Labute approximate surface area is 493 Å². The number of esters is 1. The molecule has 0 aliphatic rings. The molecule has 2 atom stereocenters. The number of ether oxygens (including phenoxy) is 1. The van der Waals surface area contributed by atoms with Gasteiger partial charge in [-0.15, -0.1) is 0 Å². The van der Waals surface area contributed by atoms with Crippen LogP contribution in [-0.4, -0.2) is 47.4 Å². The van der Waals surface area contributed by atoms with Crippen LogP contribution in [-0.2, 0) is 14.3 Å². The smallest absolute Gasteiger partial charge is 0.305 e. The molecule has 0 aliphatic heterocycles. The highest BCUT2D eigenvalue weighted by molar-refractivity contribution is 5.76. The summed E-state index contributed by atoms with van der Waals surface area (Å²) in [5, 5.41) is 23.2. The van der Waals surface area contributed by atoms with Crippen LogP contribution in [0.15, 0.2) is 48.6 Å². The van der Waals surface area contributed by atoms with Crippen LogP contribution in [0.2, 0.25) is 0 Å². The second-order valence-corrected chi connectivity index (χ2v) is 24.2. The number of hydrogen-bond acceptors (Lipinski definition) is 5. The van der Waals surface area contributed by atoms with Crippen LogP contribution in [0, 0.1) is 0 Å². The number of hydrogen-bond donors (Lipinski definition) is 3. The Bertz CT molecular complexity index is 1320. The van der Waals surface area contributed by atoms with Crippen LogP contribution in [0.4, 0.5) is 0 Å². The minimum atomic E-state index is -0.845. The molecular weight excluding hydrogens is 971 g/mol. The Morgan fingerprint density at radius 1 is 0.354 bits per heavy atom. The molecule has 2 unspecified atom stereocenters. The van der Waals surface area contributed by atoms with Gasteiger partial charge in [0, 0.05) is 12.8 Å². The minimum absolute atomic E-state index is 0.00278. The van der Waals surface area contributed by atoms with Crippen molar-refractivity contribution in [2.75, 3.05) is 13.2 Å². The summed E-state index contributed by atoms with van der Waals surface area (Å²) in [7, 11) is 0. The van der Waals surface area contributed by atoms with Crippen molar-refractivity contribution in [2.24, 2.45) is 0 Å². The van der Waals surface area contributed by atoms with E-state index in [0.717, 1.165) is 51.4 Å². The summed E-state index contributed by atoms with van der Waals surface area (Å²) in [5.74, 6) is -0.0617. The number of carbonyl (C=O) groups excluding carboxylic acids is 2. The maximum Gasteiger partial charge on any atom is 0.305 e. The summed E-state index contributed by atoms with van der Waals surface area (Å²) in [5.41, 5.74) is 0. The molecule has 0 heterocycles. The first kappa shape index (κ1) is 76.8. The number of amides is 1. The lowest BCUT2D eigenvalue weighted by atomic mass is 10.0. The standard InChI is InChI=1S/C73H137NO5/c1-3-5-7-9-11-13-15-17-18-19-33-36-39-42-45-49-53-57-61-65-71(76)70(69-75)74-72(77)66-62-58-54-50-46-43-40-37-34-31-29-27-25-23-21-20-22-24-26-28-30-32-35-38-41-44-48-52-56-60-64-68-79-73(78)67-63-59-55-51-47-16-14-12-10-8-6-4-2/h12,14,22,24,28,30,61,65,70-71,75-76H,3-11,13,15-21,23,25-27,29,31-60,62-64,66-69H2,1-2H3,(H,74,77)/b14-12-,24-22-,30-28-,65-61+. The zero-order chi connectivity index (χ0) is 57.1. The number of nitrogens with one attached hydrogen (secondary N) is 1. The van der Waals surface area contributed by atoms with E-state index in [1.54, 1.807) is 6.08 Å². The second kappa shape index (κ2) is 68.3. The fourth-order valence-corrected chi connectivity index (χ4v) is 10.9. The van der Waals surface area contributed by atoms with Crippen molar-refractivity contribution in [1.82, 2.24) is 5.32 Å². The largest absolute Gasteiger partial charge is 0.466 e. The van der Waals surface area contributed by atoms with E-state index >= 15 is 0 Å². The lowest BCUT2D eigenvalue weighted by molar-refractivity contribution is -0.143. The Kier molecular flexibility index (Phi) is 66.4. The Morgan fingerprint density at radius 2 is 0.633 bits per heavy atom. The normalized spacial score (nSPS) is 12.8. The van der Waals surface area contributed by atoms with Gasteiger partial charge in [0.05, 0.1) is 25.4 Å². The van der Waals surface area contributed by atoms with Crippen molar-refractivity contribution in [2.45, 2.75) is 392 Å². The lowest BCUT2D eigenvalue weighted by Crippen LogP contribution is -2.45. The number of rotatable bonds is 66. The van der Waals surface area contributed by atoms with Crippen molar-refractivity contribution in [3.63, 3.8) is 0 Å². The molecule has 0 aromatic carbocycles. The average molecular weight is 1110 g/mol. The molecule has 79 heavy (non-hydrogen) atoms. The van der Waals surface area contributed by atoms with Crippen LogP contribution >= 0.6 is 0 Å². The van der Waals surface area contributed by atoms with Crippen LogP contribution in [0.1, 0.15) is 380 Å². The number of allylic oxidation sites excluding steroid dienone is 7. The second-order valence-electron chi connectivity index (χ2n) is 24.2. The zero-order valence-electron chi connectivity index (χ0n) is 53.1. The van der Waals surface area contributed by atoms with E-state index in [-0.39, 0.29) is 18.5 Å². The topological polar surface area (TPSA) is 95.9 Å². The van der Waals surface area contributed by atoms with Crippen LogP contribution < -0.4 is 5.32 Å². The molecule has 0 saturated heterocycles. The monoisotopic (exact) mass is 1110 g/mol. The average Bonchev–Trinajstić information content (AvgIpc) is 3.45. The molecule has 6 nitrogen and oxygen atoms in total. The van der Waals surface area contributed by atoms with Gasteiger partial charge in [-0.3, -0.25) is 9.59 Å². The third-order valence-electron chi connectivity index (χ3n) is 16.3. The predicted molar refractivity (Wildman–Crippen MR) is 347 cm³/mol. The zero-order valence-corrected chi connectivity index (χ0v) is 53.1. The van der Waals surface area contributed by atoms with Gasteiger partial charge in [-0.05, 0) is 89.9 Å². The summed E-state index contributed by atoms with van der Waals surface area (Å²) in [6, 6.07) is -0.629. The Morgan fingerprint density at radius 3 is 1.00 bits per heavy atom. The maximum absolute atomic E-state index is 12.5. The van der Waals surface area contributed by atoms with E-state index in [1.807, 2.05) is 6.08 Å². The number of unbranched alkanes of at least 4 members (excludes halogenated alkanes) is 49. The maximum atomic E-state index is 12.5. The first-order valence-electron chi connectivity index (χ1n) is 35.4. The summed E-state index contributed by atoms with van der Waals surface area (Å²) in [6.45, 7) is 4.90. The number of aliphatic hydroxyl groups excluding tert-OH is 2. The number of carbonyl (C=O) groups is 2. The molecule has 0 spiro atoms. The highest BCUT2D eigenvalue weighted by atomic mass is 16.5. The summed E-state index contributed by atoms with van der Waals surface area (Å²) in [6.07, 6.45) is 89.1. The third-order valence-corrected chi connectivity index (χ3v) is 16.3. The van der Waals surface area contributed by atoms with Crippen LogP contribution in [0.3, 0.4) is 0 Å². The van der Waals surface area contributed by atoms with Crippen LogP contribution in [0.25, 0.3) is 0 Å². The molecule has 0 aromatic heterocycles. The van der Waals surface area contributed by atoms with Gasteiger partial charge < -0.3 is 20.3 Å². The van der Waals surface area contributed by atoms with E-state index in [1.165, 1.54) is 302 Å². The molecule has 0 bridgehead atoms. The first-order valence-corrected chi connectivity index (χ1v) is 35.4. The highest BCUT2D eigenvalue weighted by Crippen LogP contribution is 2.18. The molecule has 0 aliphatic carbocycles. The molecule has 0 radical (unpaired) electrons. The Hall–Kier alpha value is -2.18. The molecule has 6 heteroatoms. The Balaban J connectivity index is 3.42. The predicted octanol–water partition coefficient (Wildman–Crippen LogP) is 22.9. The molecule has 0 saturated carbocycles. The fourth-order valence-electron chi connectivity index (χ4n) is 10.9. The molecule has 464 valence electrons. The molecule has 0 rings (SSSR count). The number of aliphatic hydroxyl groups is 2. The van der Waals surface area contributed by atoms with Gasteiger partial charge in [0.25, 0.3) is 0 Å². The van der Waals surface area contributed by atoms with Gasteiger partial charge >= 0.3 is 5.97 Å². The molecular formula is C73H137NO5. The minimum Gasteiger partial charge on any atom is -0.466 e. The van der Waals surface area contributed by atoms with E-state index in [0.29, 0.717) is 19.4 Å². The van der Waals surface area contributed by atoms with Gasteiger partial charge in [0.15, 0.2) is 0 Å². The van der Waals surface area contributed by atoms with Crippen molar-refractivity contribution in [3.8, 4) is 0 Å². The molecule has 0 fully saturated rings. The quantitative estimate of drug-likeness (QED) is 0.0320. The van der Waals surface area contributed by atoms with Gasteiger partial charge in [-0.25, -0.2) is 0 Å². The fraction of sp³-hybridized carbons (Fsp3) is 0.863. The lowest BCUT2D eigenvalue weighted by Gasteiger charge is -2.20. The third kappa shape index (κ3) is 64.8. The summed E-state index contributed by atoms with van der Waals surface area (Å²) in [4.78, 5) is 24.5. The van der Waals surface area contributed by atoms with Crippen molar-refractivity contribution in [1.29, 1.82) is 0 Å². The van der Waals surface area contributed by atoms with Gasteiger partial charge in [-0.1, -0.05) is 326 Å². The van der Waals surface area contributed by atoms with Crippen molar-refractivity contribution < 1.29 is 24.5 Å². The highest BCUT2D eigenvalue weighted by Gasteiger charge is 2.18. The van der Waals surface area contributed by atoms with Crippen molar-refractivity contribution >= 4 is 11.9 Å². The van der Waals surface area contributed by atoms with Gasteiger partial charge in [-0.2, -0.15) is 0 Å². The summed E-state index contributed by atoms with van der Waals surface area (Å²) < 4.78 is 5.47. The molecule has 1 amide bonds. The molecule has 0 aromatic rings.